The van der Waals surface area contributed by atoms with Gasteiger partial charge in [0.2, 0.25) is 0 Å². The van der Waals surface area contributed by atoms with Crippen LogP contribution in [-0.2, 0) is 12.8 Å². The van der Waals surface area contributed by atoms with E-state index in [1.807, 2.05) is 25.5 Å². The number of halogens is 1. The second-order valence-corrected chi connectivity index (χ2v) is 7.65. The maximum atomic E-state index is 13.1. The number of nitrogens with zero attached hydrogens (tertiary/aromatic N) is 3. The van der Waals surface area contributed by atoms with Crippen molar-refractivity contribution in [3.63, 3.8) is 0 Å². The molecule has 0 saturated heterocycles. The molecule has 27 heavy (non-hydrogen) atoms. The number of benzene rings is 2. The molecule has 0 aliphatic rings. The van der Waals surface area contributed by atoms with Crippen LogP contribution in [0.15, 0.2) is 35.5 Å². The van der Waals surface area contributed by atoms with Gasteiger partial charge in [-0.25, -0.2) is 4.39 Å². The van der Waals surface area contributed by atoms with Gasteiger partial charge in [0.1, 0.15) is 5.82 Å². The largest absolute Gasteiger partial charge is 0.305 e. The molecule has 0 bridgehead atoms. The van der Waals surface area contributed by atoms with E-state index in [0.29, 0.717) is 11.6 Å². The second kappa shape index (κ2) is 7.64. The molecule has 0 unspecified atom stereocenters. The summed E-state index contributed by atoms with van der Waals surface area (Å²) in [6, 6.07) is 8.29. The Hall–Kier alpha value is -2.47. The summed E-state index contributed by atoms with van der Waals surface area (Å²) < 4.78 is 15.0. The molecule has 0 aliphatic heterocycles. The lowest BCUT2D eigenvalue weighted by molar-refractivity contribution is 0.101. The zero-order valence-corrected chi connectivity index (χ0v) is 16.9. The minimum absolute atomic E-state index is 0.0912. The van der Waals surface area contributed by atoms with E-state index >= 15 is 0 Å². The van der Waals surface area contributed by atoms with Crippen LogP contribution in [0.2, 0.25) is 0 Å². The topological polar surface area (TPSA) is 47.8 Å². The minimum Gasteiger partial charge on any atom is -0.305 e. The molecule has 140 valence electrons. The van der Waals surface area contributed by atoms with Gasteiger partial charge in [0.15, 0.2) is 16.8 Å². The van der Waals surface area contributed by atoms with Gasteiger partial charge < -0.3 is 4.57 Å². The number of ketones is 1. The molecule has 0 spiro atoms. The predicted octanol–water partition coefficient (Wildman–Crippen LogP) is 5.04. The first kappa shape index (κ1) is 19.3. The van der Waals surface area contributed by atoms with Gasteiger partial charge in [0.25, 0.3) is 0 Å². The third-order valence-electron chi connectivity index (χ3n) is 4.77. The van der Waals surface area contributed by atoms with Crippen molar-refractivity contribution in [2.24, 2.45) is 7.05 Å². The lowest BCUT2D eigenvalue weighted by atomic mass is 9.92. The number of hydrogen-bond acceptors (Lipinski definition) is 4. The van der Waals surface area contributed by atoms with Crippen molar-refractivity contribution in [3.05, 3.63) is 64.0 Å². The van der Waals surface area contributed by atoms with E-state index in [-0.39, 0.29) is 11.6 Å². The zero-order valence-electron chi connectivity index (χ0n) is 16.1. The van der Waals surface area contributed by atoms with E-state index in [4.69, 9.17) is 0 Å². The highest BCUT2D eigenvalue weighted by atomic mass is 32.2. The predicted molar refractivity (Wildman–Crippen MR) is 107 cm³/mol. The Balaban J connectivity index is 1.87. The molecular formula is C21H22FN3OS. The van der Waals surface area contributed by atoms with Gasteiger partial charge in [-0.15, -0.1) is 10.2 Å². The molecular weight excluding hydrogens is 361 g/mol. The summed E-state index contributed by atoms with van der Waals surface area (Å²) in [5.41, 5.74) is 6.00. The third-order valence-corrected chi connectivity index (χ3v) is 5.81. The van der Waals surface area contributed by atoms with Crippen LogP contribution in [0.1, 0.15) is 39.5 Å². The number of aromatic nitrogens is 3. The van der Waals surface area contributed by atoms with Crippen molar-refractivity contribution in [2.45, 2.75) is 38.6 Å². The molecule has 3 aromatic rings. The third kappa shape index (κ3) is 3.81. The van der Waals surface area contributed by atoms with Crippen molar-refractivity contribution < 1.29 is 9.18 Å². The molecule has 0 N–H and O–H groups in total. The SMILES string of the molecule is CC(=O)c1c(C)cc(C)c(CSc2nnc(-c3ccc(F)cc3)n2C)c1C. The molecule has 0 radical (unpaired) electrons. The Labute approximate surface area is 162 Å². The lowest BCUT2D eigenvalue weighted by Gasteiger charge is -2.15. The van der Waals surface area contributed by atoms with Crippen molar-refractivity contribution in [1.29, 1.82) is 0 Å². The van der Waals surface area contributed by atoms with Crippen LogP contribution < -0.4 is 0 Å². The number of carbonyl (C=O) groups excluding carboxylic acids is 1. The summed E-state index contributed by atoms with van der Waals surface area (Å²) in [5.74, 6) is 1.21. The van der Waals surface area contributed by atoms with Crippen LogP contribution in [0.4, 0.5) is 4.39 Å². The number of carbonyl (C=O) groups is 1. The summed E-state index contributed by atoms with van der Waals surface area (Å²) in [5, 5.41) is 9.30. The first-order chi connectivity index (χ1) is 12.8. The van der Waals surface area contributed by atoms with E-state index in [2.05, 4.69) is 23.2 Å². The van der Waals surface area contributed by atoms with E-state index < -0.39 is 0 Å². The highest BCUT2D eigenvalue weighted by Gasteiger charge is 2.16. The van der Waals surface area contributed by atoms with Gasteiger partial charge in [0, 0.05) is 23.9 Å². The van der Waals surface area contributed by atoms with Crippen molar-refractivity contribution in [1.82, 2.24) is 14.8 Å². The summed E-state index contributed by atoms with van der Waals surface area (Å²) >= 11 is 1.58. The van der Waals surface area contributed by atoms with Crippen molar-refractivity contribution >= 4 is 17.5 Å². The van der Waals surface area contributed by atoms with Crippen molar-refractivity contribution in [3.8, 4) is 11.4 Å². The molecule has 1 aromatic heterocycles. The van der Waals surface area contributed by atoms with Gasteiger partial charge in [-0.1, -0.05) is 17.8 Å². The average Bonchev–Trinajstić information content (AvgIpc) is 2.95. The minimum atomic E-state index is -0.276. The van der Waals surface area contributed by atoms with Gasteiger partial charge >= 0.3 is 0 Å². The normalized spacial score (nSPS) is 11.0. The molecule has 2 aromatic carbocycles. The highest BCUT2D eigenvalue weighted by molar-refractivity contribution is 7.98. The van der Waals surface area contributed by atoms with Gasteiger partial charge in [-0.2, -0.15) is 0 Å². The summed E-state index contributed by atoms with van der Waals surface area (Å²) in [4.78, 5) is 12.0. The number of rotatable bonds is 5. The van der Waals surface area contributed by atoms with E-state index in [0.717, 1.165) is 33.0 Å². The summed E-state index contributed by atoms with van der Waals surface area (Å²) in [6.07, 6.45) is 0. The zero-order chi connectivity index (χ0) is 19.7. The lowest BCUT2D eigenvalue weighted by Crippen LogP contribution is -2.05. The molecule has 1 heterocycles. The van der Waals surface area contributed by atoms with Gasteiger partial charge in [-0.05, 0) is 74.2 Å². The summed E-state index contributed by atoms with van der Waals surface area (Å²) in [6.45, 7) is 7.66. The average molecular weight is 383 g/mol. The maximum Gasteiger partial charge on any atom is 0.191 e. The second-order valence-electron chi connectivity index (χ2n) is 6.71. The fourth-order valence-corrected chi connectivity index (χ4v) is 4.51. The Morgan fingerprint density at radius 3 is 2.41 bits per heavy atom. The van der Waals surface area contributed by atoms with Crippen LogP contribution in [0.3, 0.4) is 0 Å². The monoisotopic (exact) mass is 383 g/mol. The standard InChI is InChI=1S/C21H22FN3OS/c1-12-10-13(2)19(15(4)26)14(3)18(12)11-27-21-24-23-20(25(21)5)16-6-8-17(22)9-7-16/h6-10H,11H2,1-5H3. The van der Waals surface area contributed by atoms with E-state index in [1.165, 1.54) is 17.7 Å². The smallest absolute Gasteiger partial charge is 0.191 e. The highest BCUT2D eigenvalue weighted by Crippen LogP contribution is 2.30. The molecule has 4 nitrogen and oxygen atoms in total. The molecule has 0 amide bonds. The first-order valence-corrected chi connectivity index (χ1v) is 9.67. The van der Waals surface area contributed by atoms with Crippen LogP contribution >= 0.6 is 11.8 Å². The first-order valence-electron chi connectivity index (χ1n) is 8.68. The number of Topliss-reactive ketones (excluding diaryl/α,β-unsaturated/α-hetero) is 1. The Kier molecular flexibility index (Phi) is 5.46. The Morgan fingerprint density at radius 2 is 1.78 bits per heavy atom. The Morgan fingerprint density at radius 1 is 1.11 bits per heavy atom. The van der Waals surface area contributed by atoms with Gasteiger partial charge in [0.05, 0.1) is 0 Å². The number of thioether (sulfide) groups is 1. The molecule has 6 heteroatoms. The van der Waals surface area contributed by atoms with Crippen LogP contribution in [0, 0.1) is 26.6 Å². The summed E-state index contributed by atoms with van der Waals surface area (Å²) in [7, 11) is 1.90. The van der Waals surface area contributed by atoms with Crippen molar-refractivity contribution in [2.75, 3.05) is 0 Å². The molecule has 0 fully saturated rings. The van der Waals surface area contributed by atoms with E-state index in [9.17, 15) is 9.18 Å². The quantitative estimate of drug-likeness (QED) is 0.457. The van der Waals surface area contributed by atoms with Gasteiger partial charge in [-0.3, -0.25) is 4.79 Å². The van der Waals surface area contributed by atoms with Crippen LogP contribution in [0.25, 0.3) is 11.4 Å². The fraction of sp³-hybridized carbons (Fsp3) is 0.286. The maximum absolute atomic E-state index is 13.1. The molecule has 3 rings (SSSR count). The number of aryl methyl sites for hydroxylation is 2. The fourth-order valence-electron chi connectivity index (χ4n) is 3.42. The Bertz CT molecular complexity index is 1010. The number of hydrogen-bond donors (Lipinski definition) is 0. The van der Waals surface area contributed by atoms with Crippen LogP contribution in [-0.4, -0.2) is 20.5 Å². The molecule has 0 atom stereocenters. The molecule has 0 saturated carbocycles. The van der Waals surface area contributed by atoms with Crippen LogP contribution in [0.5, 0.6) is 0 Å². The van der Waals surface area contributed by atoms with E-state index in [1.54, 1.807) is 30.8 Å². The molecule has 0 aliphatic carbocycles.